The number of nitrogens with zero attached hydrogens (tertiary/aromatic N) is 1. The molecule has 0 saturated heterocycles. The highest BCUT2D eigenvalue weighted by Gasteiger charge is 2.31. The third-order valence-corrected chi connectivity index (χ3v) is 4.78. The fraction of sp³-hybridized carbons (Fsp3) is 0.933. The van der Waals surface area contributed by atoms with Crippen molar-refractivity contribution in [3.63, 3.8) is 0 Å². The van der Waals surface area contributed by atoms with Gasteiger partial charge in [0.15, 0.2) is 0 Å². The van der Waals surface area contributed by atoms with E-state index in [4.69, 9.17) is 0 Å². The molecular weight excluding hydrogens is 238 g/mol. The molecule has 2 aliphatic rings. The summed E-state index contributed by atoms with van der Waals surface area (Å²) in [4.78, 5) is 12.9. The standard InChI is InChI=1S/C15H29N3O/c1-18(2)15(19)17-10-9-16-14-8-7-12-5-3-4-6-13(12)11-14/h12-14,16H,3-11H2,1-2H3,(H,17,19). The minimum Gasteiger partial charge on any atom is -0.337 e. The molecule has 19 heavy (non-hydrogen) atoms. The smallest absolute Gasteiger partial charge is 0.316 e. The van der Waals surface area contributed by atoms with Crippen LogP contribution in [0.1, 0.15) is 44.9 Å². The summed E-state index contributed by atoms with van der Waals surface area (Å²) < 4.78 is 0. The van der Waals surface area contributed by atoms with Crippen molar-refractivity contribution in [1.82, 2.24) is 15.5 Å². The average molecular weight is 267 g/mol. The lowest BCUT2D eigenvalue weighted by molar-refractivity contribution is 0.144. The Kier molecular flexibility index (Phi) is 5.49. The summed E-state index contributed by atoms with van der Waals surface area (Å²) in [5, 5.41) is 6.52. The summed E-state index contributed by atoms with van der Waals surface area (Å²) in [5.41, 5.74) is 0. The summed E-state index contributed by atoms with van der Waals surface area (Å²) in [6.07, 6.45) is 9.89. The number of hydrogen-bond acceptors (Lipinski definition) is 2. The predicted octanol–water partition coefficient (Wildman–Crippen LogP) is 2.21. The highest BCUT2D eigenvalue weighted by molar-refractivity contribution is 5.73. The van der Waals surface area contributed by atoms with Crippen LogP contribution in [0.15, 0.2) is 0 Å². The van der Waals surface area contributed by atoms with Crippen LogP contribution in [-0.4, -0.2) is 44.2 Å². The van der Waals surface area contributed by atoms with Gasteiger partial charge in [-0.3, -0.25) is 0 Å². The first kappa shape index (κ1) is 14.6. The van der Waals surface area contributed by atoms with Gasteiger partial charge in [0.1, 0.15) is 0 Å². The van der Waals surface area contributed by atoms with Crippen molar-refractivity contribution >= 4 is 6.03 Å². The maximum atomic E-state index is 11.4. The van der Waals surface area contributed by atoms with Crippen LogP contribution >= 0.6 is 0 Å². The molecule has 110 valence electrons. The largest absolute Gasteiger partial charge is 0.337 e. The van der Waals surface area contributed by atoms with Gasteiger partial charge < -0.3 is 15.5 Å². The van der Waals surface area contributed by atoms with Crippen LogP contribution < -0.4 is 10.6 Å². The fourth-order valence-electron chi connectivity index (χ4n) is 3.66. The quantitative estimate of drug-likeness (QED) is 0.767. The van der Waals surface area contributed by atoms with Gasteiger partial charge >= 0.3 is 6.03 Å². The van der Waals surface area contributed by atoms with Crippen LogP contribution in [0.5, 0.6) is 0 Å². The molecule has 2 rings (SSSR count). The Balaban J connectivity index is 1.60. The van der Waals surface area contributed by atoms with Gasteiger partial charge in [0.05, 0.1) is 0 Å². The van der Waals surface area contributed by atoms with Crippen LogP contribution in [0, 0.1) is 11.8 Å². The molecule has 3 unspecified atom stereocenters. The Labute approximate surface area is 117 Å². The fourth-order valence-corrected chi connectivity index (χ4v) is 3.66. The first-order chi connectivity index (χ1) is 9.16. The van der Waals surface area contributed by atoms with Crippen LogP contribution in [0.3, 0.4) is 0 Å². The van der Waals surface area contributed by atoms with Crippen molar-refractivity contribution in [2.75, 3.05) is 27.2 Å². The molecule has 0 heterocycles. The number of amides is 2. The molecule has 0 aromatic heterocycles. The Bertz CT molecular complexity index is 293. The van der Waals surface area contributed by atoms with Crippen LogP contribution in [0.2, 0.25) is 0 Å². The molecule has 2 aliphatic carbocycles. The van der Waals surface area contributed by atoms with Crippen molar-refractivity contribution in [1.29, 1.82) is 0 Å². The first-order valence-electron chi connectivity index (χ1n) is 7.85. The number of urea groups is 1. The summed E-state index contributed by atoms with van der Waals surface area (Å²) >= 11 is 0. The second kappa shape index (κ2) is 7.13. The van der Waals surface area contributed by atoms with E-state index < -0.39 is 0 Å². The molecule has 4 heteroatoms. The molecule has 2 fully saturated rings. The van der Waals surface area contributed by atoms with Crippen molar-refractivity contribution in [2.24, 2.45) is 11.8 Å². The molecule has 2 N–H and O–H groups in total. The van der Waals surface area contributed by atoms with Gasteiger partial charge in [-0.25, -0.2) is 4.79 Å². The molecule has 0 aliphatic heterocycles. The Hall–Kier alpha value is -0.770. The lowest BCUT2D eigenvalue weighted by atomic mass is 9.69. The molecule has 0 aromatic carbocycles. The predicted molar refractivity (Wildman–Crippen MR) is 78.2 cm³/mol. The topological polar surface area (TPSA) is 44.4 Å². The molecule has 2 saturated carbocycles. The SMILES string of the molecule is CN(C)C(=O)NCCNC1CCC2CCCCC2C1. The number of rotatable bonds is 4. The van der Waals surface area contributed by atoms with E-state index in [1.54, 1.807) is 19.0 Å². The minimum absolute atomic E-state index is 0.00205. The summed E-state index contributed by atoms with van der Waals surface area (Å²) in [7, 11) is 3.54. The number of carbonyl (C=O) groups excluding carboxylic acids is 1. The van der Waals surface area contributed by atoms with Crippen LogP contribution in [-0.2, 0) is 0 Å². The van der Waals surface area contributed by atoms with E-state index in [1.165, 1.54) is 44.9 Å². The van der Waals surface area contributed by atoms with E-state index in [2.05, 4.69) is 10.6 Å². The third-order valence-electron chi connectivity index (χ3n) is 4.78. The number of hydrogen-bond donors (Lipinski definition) is 2. The maximum absolute atomic E-state index is 11.4. The minimum atomic E-state index is -0.00205. The van der Waals surface area contributed by atoms with Crippen LogP contribution in [0.4, 0.5) is 4.79 Å². The molecule has 4 nitrogen and oxygen atoms in total. The molecule has 0 spiro atoms. The van der Waals surface area contributed by atoms with Gasteiger partial charge in [-0.05, 0) is 31.1 Å². The van der Waals surface area contributed by atoms with Gasteiger partial charge in [-0.1, -0.05) is 25.7 Å². The van der Waals surface area contributed by atoms with Gasteiger partial charge in [0, 0.05) is 33.2 Å². The van der Waals surface area contributed by atoms with Crippen molar-refractivity contribution < 1.29 is 4.79 Å². The Morgan fingerprint density at radius 3 is 2.53 bits per heavy atom. The number of carbonyl (C=O) groups is 1. The monoisotopic (exact) mass is 267 g/mol. The first-order valence-corrected chi connectivity index (χ1v) is 7.85. The lowest BCUT2D eigenvalue weighted by Crippen LogP contribution is -2.43. The second-order valence-corrected chi connectivity index (χ2v) is 6.40. The van der Waals surface area contributed by atoms with E-state index in [1.807, 2.05) is 0 Å². The molecule has 0 aromatic rings. The average Bonchev–Trinajstić information content (AvgIpc) is 2.43. The highest BCUT2D eigenvalue weighted by Crippen LogP contribution is 2.40. The summed E-state index contributed by atoms with van der Waals surface area (Å²) in [5.74, 6) is 1.98. The Morgan fingerprint density at radius 2 is 1.79 bits per heavy atom. The molecular formula is C15H29N3O. The van der Waals surface area contributed by atoms with E-state index >= 15 is 0 Å². The number of nitrogens with one attached hydrogen (secondary N) is 2. The van der Waals surface area contributed by atoms with E-state index in [0.29, 0.717) is 6.04 Å². The lowest BCUT2D eigenvalue weighted by Gasteiger charge is -2.39. The normalized spacial score (nSPS) is 30.5. The van der Waals surface area contributed by atoms with Crippen molar-refractivity contribution in [3.05, 3.63) is 0 Å². The van der Waals surface area contributed by atoms with Gasteiger partial charge in [0.2, 0.25) is 0 Å². The third kappa shape index (κ3) is 4.37. The van der Waals surface area contributed by atoms with Crippen molar-refractivity contribution in [3.8, 4) is 0 Å². The maximum Gasteiger partial charge on any atom is 0.316 e. The molecule has 2 amide bonds. The van der Waals surface area contributed by atoms with E-state index in [-0.39, 0.29) is 6.03 Å². The molecule has 3 atom stereocenters. The number of fused-ring (bicyclic) bond motifs is 1. The summed E-state index contributed by atoms with van der Waals surface area (Å²) in [6, 6.07) is 0.674. The molecule has 0 radical (unpaired) electrons. The van der Waals surface area contributed by atoms with Gasteiger partial charge in [-0.15, -0.1) is 0 Å². The van der Waals surface area contributed by atoms with Gasteiger partial charge in [0.25, 0.3) is 0 Å². The van der Waals surface area contributed by atoms with Crippen molar-refractivity contribution in [2.45, 2.75) is 51.0 Å². The van der Waals surface area contributed by atoms with Crippen LogP contribution in [0.25, 0.3) is 0 Å². The second-order valence-electron chi connectivity index (χ2n) is 6.40. The zero-order chi connectivity index (χ0) is 13.7. The zero-order valence-electron chi connectivity index (χ0n) is 12.5. The molecule has 0 bridgehead atoms. The zero-order valence-corrected chi connectivity index (χ0v) is 12.5. The van der Waals surface area contributed by atoms with Gasteiger partial charge in [-0.2, -0.15) is 0 Å². The van der Waals surface area contributed by atoms with E-state index in [0.717, 1.165) is 24.9 Å². The van der Waals surface area contributed by atoms with E-state index in [9.17, 15) is 4.79 Å². The summed E-state index contributed by atoms with van der Waals surface area (Å²) in [6.45, 7) is 1.61. The Morgan fingerprint density at radius 1 is 1.05 bits per heavy atom. The highest BCUT2D eigenvalue weighted by atomic mass is 16.2.